The molecular formula is C36H40ClN5O4S. The normalized spacial score (nSPS) is 20.1. The number of rotatable bonds is 7. The fraction of sp³-hybridized carbons (Fsp3) is 0.444. The van der Waals surface area contributed by atoms with E-state index in [9.17, 15) is 15.0 Å². The molecule has 47 heavy (non-hydrogen) atoms. The summed E-state index contributed by atoms with van der Waals surface area (Å²) in [6.07, 6.45) is 2.47. The number of aliphatic hydroxyl groups excluding tert-OH is 1. The molecule has 1 saturated carbocycles. The second-order valence-corrected chi connectivity index (χ2v) is 15.4. The Labute approximate surface area is 283 Å². The van der Waals surface area contributed by atoms with Crippen molar-refractivity contribution in [2.24, 2.45) is 7.05 Å². The maximum Gasteiger partial charge on any atom is 0.337 e. The van der Waals surface area contributed by atoms with E-state index in [1.807, 2.05) is 75.8 Å². The van der Waals surface area contributed by atoms with Gasteiger partial charge in [0.15, 0.2) is 6.10 Å². The van der Waals surface area contributed by atoms with Crippen LogP contribution in [0.25, 0.3) is 43.1 Å². The molecule has 0 unspecified atom stereocenters. The number of hydrogen-bond acceptors (Lipinski definition) is 8. The Morgan fingerprint density at radius 2 is 1.79 bits per heavy atom. The van der Waals surface area contributed by atoms with Crippen molar-refractivity contribution < 1.29 is 19.7 Å². The molecule has 0 radical (unpaired) electrons. The molecule has 2 fully saturated rings. The average molecular weight is 674 g/mol. The summed E-state index contributed by atoms with van der Waals surface area (Å²) in [5.41, 5.74) is 6.80. The number of benzene rings is 2. The molecule has 2 aromatic carbocycles. The molecule has 11 heteroatoms. The van der Waals surface area contributed by atoms with E-state index in [2.05, 4.69) is 11.0 Å². The first-order valence-electron chi connectivity index (χ1n) is 16.2. The molecular weight excluding hydrogens is 634 g/mol. The lowest BCUT2D eigenvalue weighted by Gasteiger charge is -2.43. The van der Waals surface area contributed by atoms with Gasteiger partial charge < -0.3 is 19.8 Å². The van der Waals surface area contributed by atoms with Crippen molar-refractivity contribution in [1.29, 1.82) is 0 Å². The molecule has 3 aromatic heterocycles. The molecule has 1 aliphatic heterocycles. The number of hydrogen-bond donors (Lipinski definition) is 2. The number of aryl methyl sites for hydroxylation is 2. The summed E-state index contributed by atoms with van der Waals surface area (Å²) in [5.74, 6) is -0.731. The molecule has 0 bridgehead atoms. The summed E-state index contributed by atoms with van der Waals surface area (Å²) in [7, 11) is 1.97. The maximum absolute atomic E-state index is 12.7. The van der Waals surface area contributed by atoms with Gasteiger partial charge in [-0.25, -0.2) is 14.8 Å². The van der Waals surface area contributed by atoms with Crippen molar-refractivity contribution in [3.05, 3.63) is 64.3 Å². The lowest BCUT2D eigenvalue weighted by atomic mass is 9.85. The highest BCUT2D eigenvalue weighted by Gasteiger charge is 2.36. The highest BCUT2D eigenvalue weighted by atomic mass is 35.5. The van der Waals surface area contributed by atoms with E-state index in [1.165, 1.54) is 11.3 Å². The van der Waals surface area contributed by atoms with E-state index in [-0.39, 0.29) is 6.10 Å². The third kappa shape index (κ3) is 6.18. The number of likely N-dealkylation sites (tertiary alicyclic amines) is 1. The second-order valence-electron chi connectivity index (χ2n) is 14.0. The van der Waals surface area contributed by atoms with Crippen LogP contribution in [0, 0.1) is 6.92 Å². The van der Waals surface area contributed by atoms with Gasteiger partial charge in [0.25, 0.3) is 0 Å². The van der Waals surface area contributed by atoms with Gasteiger partial charge in [-0.05, 0) is 108 Å². The summed E-state index contributed by atoms with van der Waals surface area (Å²) in [4.78, 5) is 25.5. The summed E-state index contributed by atoms with van der Waals surface area (Å²) in [6.45, 7) is 9.51. The van der Waals surface area contributed by atoms with Gasteiger partial charge in [-0.3, -0.25) is 4.68 Å². The molecule has 9 nitrogen and oxygen atoms in total. The van der Waals surface area contributed by atoms with Gasteiger partial charge >= 0.3 is 5.97 Å². The fourth-order valence-corrected chi connectivity index (χ4v) is 8.32. The van der Waals surface area contributed by atoms with E-state index in [4.69, 9.17) is 31.4 Å². The Morgan fingerprint density at radius 3 is 2.43 bits per heavy atom. The molecule has 4 heterocycles. The van der Waals surface area contributed by atoms with Crippen molar-refractivity contribution in [2.75, 3.05) is 13.1 Å². The number of carbonyl (C=O) groups is 1. The van der Waals surface area contributed by atoms with E-state index in [0.717, 1.165) is 93.1 Å². The summed E-state index contributed by atoms with van der Waals surface area (Å²) >= 11 is 7.78. The second kappa shape index (κ2) is 12.2. The quantitative estimate of drug-likeness (QED) is 0.182. The van der Waals surface area contributed by atoms with Gasteiger partial charge in [-0.15, -0.1) is 11.3 Å². The van der Waals surface area contributed by atoms with Crippen molar-refractivity contribution in [3.63, 3.8) is 0 Å². The molecule has 1 saturated heterocycles. The number of pyridine rings is 1. The average Bonchev–Trinajstić information content (AvgIpc) is 3.58. The molecule has 1 atom stereocenters. The minimum absolute atomic E-state index is 0.143. The van der Waals surface area contributed by atoms with Crippen molar-refractivity contribution in [1.82, 2.24) is 24.6 Å². The molecule has 1 aliphatic carbocycles. The molecule has 7 rings (SSSR count). The lowest BCUT2D eigenvalue weighted by molar-refractivity contribution is -0.160. The third-order valence-corrected chi connectivity index (χ3v) is 10.8. The topological polar surface area (TPSA) is 114 Å². The number of aliphatic hydroxyl groups is 1. The molecule has 2 aliphatic rings. The van der Waals surface area contributed by atoms with E-state index in [0.29, 0.717) is 22.5 Å². The SMILES string of the molecule is Cc1cc2nc(-c3ccc4c(n3)c(C3CCN([C@H]5C[C@H](O)C5)CC3)nn4C)sc2c(-c2ccc(Cl)cc2)c1[C@H](OC(C)(C)C)C(=O)O. The summed E-state index contributed by atoms with van der Waals surface area (Å²) in [5, 5.41) is 26.5. The zero-order chi connectivity index (χ0) is 33.2. The minimum atomic E-state index is -1.18. The number of fused-ring (bicyclic) bond motifs is 2. The lowest BCUT2D eigenvalue weighted by Crippen LogP contribution is -2.49. The molecule has 246 valence electrons. The summed E-state index contributed by atoms with van der Waals surface area (Å²) in [6, 6.07) is 14.0. The van der Waals surface area contributed by atoms with Crippen molar-refractivity contribution in [3.8, 4) is 21.8 Å². The van der Waals surface area contributed by atoms with Crippen molar-refractivity contribution in [2.45, 2.75) is 83.1 Å². The fourth-order valence-electron chi connectivity index (χ4n) is 7.10. The minimum Gasteiger partial charge on any atom is -0.479 e. The Balaban J connectivity index is 1.31. The van der Waals surface area contributed by atoms with E-state index >= 15 is 0 Å². The predicted molar refractivity (Wildman–Crippen MR) is 186 cm³/mol. The standard InChI is InChI=1S/C36H40ClN5O4S/c1-19-16-26-33(29(20-6-8-22(37)9-7-20)28(19)32(35(44)45)46-36(2,3)4)47-34(39-26)25-10-11-27-31(38-25)30(40-41(27)5)21-12-14-42(15-13-21)23-17-24(43)18-23/h6-11,16,21,23-24,32,43H,12-15,17-18H2,1-5H3,(H,44,45)/t23-,24-,32-/m0/s1. The van der Waals surface area contributed by atoms with Gasteiger partial charge in [-0.2, -0.15) is 5.10 Å². The first kappa shape index (κ1) is 32.2. The van der Waals surface area contributed by atoms with Crippen molar-refractivity contribution >= 4 is 50.2 Å². The first-order valence-corrected chi connectivity index (χ1v) is 17.4. The van der Waals surface area contributed by atoms with Crippen LogP contribution < -0.4 is 0 Å². The Bertz CT molecular complexity index is 1970. The smallest absolute Gasteiger partial charge is 0.337 e. The number of piperidine rings is 1. The molecule has 2 N–H and O–H groups in total. The summed E-state index contributed by atoms with van der Waals surface area (Å²) < 4.78 is 8.96. The van der Waals surface area contributed by atoms with Crippen LogP contribution in [0.1, 0.15) is 75.3 Å². The van der Waals surface area contributed by atoms with Crippen LogP contribution in [0.15, 0.2) is 42.5 Å². The number of thiazole rings is 1. The zero-order valence-electron chi connectivity index (χ0n) is 27.3. The number of ether oxygens (including phenoxy) is 1. The highest BCUT2D eigenvalue weighted by molar-refractivity contribution is 7.22. The number of nitrogens with zero attached hydrogens (tertiary/aromatic N) is 5. The Kier molecular flexibility index (Phi) is 8.37. The Hall–Kier alpha value is -3.41. The van der Waals surface area contributed by atoms with Crippen LogP contribution in [0.2, 0.25) is 5.02 Å². The maximum atomic E-state index is 12.7. The molecule has 0 spiro atoms. The highest BCUT2D eigenvalue weighted by Crippen LogP contribution is 2.45. The number of halogens is 1. The molecule has 5 aromatic rings. The van der Waals surface area contributed by atoms with E-state index < -0.39 is 17.7 Å². The van der Waals surface area contributed by atoms with Gasteiger partial charge in [0.2, 0.25) is 0 Å². The van der Waals surface area contributed by atoms with Gasteiger partial charge in [-0.1, -0.05) is 23.7 Å². The predicted octanol–water partition coefficient (Wildman–Crippen LogP) is 7.52. The van der Waals surface area contributed by atoms with Gasteiger partial charge in [0.1, 0.15) is 10.5 Å². The number of aromatic nitrogens is 4. The number of carboxylic acids is 1. The van der Waals surface area contributed by atoms with Gasteiger partial charge in [0.05, 0.1) is 38.8 Å². The molecule has 0 amide bonds. The first-order chi connectivity index (χ1) is 22.4. The largest absolute Gasteiger partial charge is 0.479 e. The van der Waals surface area contributed by atoms with Crippen LogP contribution >= 0.6 is 22.9 Å². The van der Waals surface area contributed by atoms with Crippen LogP contribution in [-0.4, -0.2) is 71.7 Å². The monoisotopic (exact) mass is 673 g/mol. The van der Waals surface area contributed by atoms with E-state index in [1.54, 1.807) is 0 Å². The Morgan fingerprint density at radius 1 is 1.09 bits per heavy atom. The number of carboxylic acid groups (broad SMARTS) is 1. The van der Waals surface area contributed by atoms with Gasteiger partial charge in [0, 0.05) is 35.2 Å². The van der Waals surface area contributed by atoms with Crippen LogP contribution in [0.4, 0.5) is 0 Å². The third-order valence-electron chi connectivity index (χ3n) is 9.48. The van der Waals surface area contributed by atoms with Crippen LogP contribution in [0.5, 0.6) is 0 Å². The van der Waals surface area contributed by atoms with Crippen LogP contribution in [-0.2, 0) is 16.6 Å². The zero-order valence-corrected chi connectivity index (χ0v) is 28.9. The number of aliphatic carboxylic acids is 1. The van der Waals surface area contributed by atoms with Crippen LogP contribution in [0.3, 0.4) is 0 Å².